The van der Waals surface area contributed by atoms with Crippen LogP contribution in [0.2, 0.25) is 0 Å². The molecule has 1 amide bonds. The van der Waals surface area contributed by atoms with E-state index in [1.807, 2.05) is 6.92 Å². The van der Waals surface area contributed by atoms with Crippen LogP contribution < -0.4 is 20.5 Å². The molecule has 1 aliphatic carbocycles. The van der Waals surface area contributed by atoms with Gasteiger partial charge in [-0.15, -0.1) is 0 Å². The van der Waals surface area contributed by atoms with Gasteiger partial charge in [0.1, 0.15) is 22.8 Å². The molecule has 0 aliphatic heterocycles. The summed E-state index contributed by atoms with van der Waals surface area (Å²) in [6.07, 6.45) is 2.72. The van der Waals surface area contributed by atoms with Gasteiger partial charge in [0.05, 0.1) is 25.8 Å². The number of ether oxygens (including phenoxy) is 3. The molecule has 1 unspecified atom stereocenters. The van der Waals surface area contributed by atoms with Crippen molar-refractivity contribution >= 4 is 11.9 Å². The van der Waals surface area contributed by atoms with Gasteiger partial charge in [0.15, 0.2) is 11.5 Å². The number of nitrogens with one attached hydrogen (secondary N) is 1. The molecule has 12 heteroatoms. The van der Waals surface area contributed by atoms with Gasteiger partial charge < -0.3 is 29.7 Å². The van der Waals surface area contributed by atoms with Crippen molar-refractivity contribution in [2.45, 2.75) is 52.3 Å². The average Bonchev–Trinajstić information content (AvgIpc) is 3.65. The van der Waals surface area contributed by atoms with E-state index in [0.717, 1.165) is 12.8 Å². The van der Waals surface area contributed by atoms with Crippen LogP contribution >= 0.6 is 0 Å². The number of rotatable bonds is 13. The van der Waals surface area contributed by atoms with E-state index in [-0.39, 0.29) is 41.9 Å². The maximum Gasteiger partial charge on any atom is 0.387 e. The number of carbonyl (C=O) groups excluding carboxylic acids is 2. The fraction of sp³-hybridized carbons (Fsp3) is 0.407. The molecule has 0 saturated heterocycles. The molecule has 4 rings (SSSR count). The van der Waals surface area contributed by atoms with Crippen molar-refractivity contribution in [1.82, 2.24) is 15.3 Å². The minimum Gasteiger partial charge on any atom is -0.489 e. The highest BCUT2D eigenvalue weighted by Gasteiger charge is 2.24. The molecule has 2 heterocycles. The Bertz CT molecular complexity index is 1310. The number of alkyl halides is 2. The van der Waals surface area contributed by atoms with E-state index in [9.17, 15) is 18.4 Å². The number of halogens is 2. The molecular formula is C27H30F2N4O6. The molecule has 0 bridgehead atoms. The van der Waals surface area contributed by atoms with E-state index in [2.05, 4.69) is 20.0 Å². The second-order valence-corrected chi connectivity index (χ2v) is 9.14. The average molecular weight is 545 g/mol. The minimum absolute atomic E-state index is 0.0232. The number of carbonyl (C=O) groups is 2. The van der Waals surface area contributed by atoms with Gasteiger partial charge in [-0.25, -0.2) is 14.8 Å². The van der Waals surface area contributed by atoms with E-state index < -0.39 is 24.5 Å². The normalized spacial score (nSPS) is 13.7. The number of esters is 1. The lowest BCUT2D eigenvalue weighted by atomic mass is 10.2. The lowest BCUT2D eigenvalue weighted by Gasteiger charge is -2.12. The van der Waals surface area contributed by atoms with E-state index in [1.165, 1.54) is 36.4 Å². The summed E-state index contributed by atoms with van der Waals surface area (Å²) in [5.41, 5.74) is 6.96. The molecule has 39 heavy (non-hydrogen) atoms. The van der Waals surface area contributed by atoms with Crippen LogP contribution in [0.3, 0.4) is 0 Å². The second kappa shape index (κ2) is 12.7. The number of benzene rings is 1. The van der Waals surface area contributed by atoms with Crippen LogP contribution in [0, 0.1) is 5.92 Å². The van der Waals surface area contributed by atoms with Crippen molar-refractivity contribution in [2.24, 2.45) is 11.7 Å². The van der Waals surface area contributed by atoms with E-state index in [0.29, 0.717) is 36.0 Å². The zero-order valence-corrected chi connectivity index (χ0v) is 21.6. The lowest BCUT2D eigenvalue weighted by Crippen LogP contribution is -2.25. The van der Waals surface area contributed by atoms with Gasteiger partial charge in [-0.3, -0.25) is 4.79 Å². The van der Waals surface area contributed by atoms with Crippen LogP contribution in [-0.4, -0.2) is 41.7 Å². The molecule has 1 aromatic carbocycles. The van der Waals surface area contributed by atoms with Gasteiger partial charge in [0, 0.05) is 5.56 Å². The van der Waals surface area contributed by atoms with Crippen molar-refractivity contribution in [3.63, 3.8) is 0 Å². The maximum atomic E-state index is 12.9. The lowest BCUT2D eigenvalue weighted by molar-refractivity contribution is -0.0515. The highest BCUT2D eigenvalue weighted by molar-refractivity contribution is 5.94. The predicted molar refractivity (Wildman–Crippen MR) is 135 cm³/mol. The van der Waals surface area contributed by atoms with E-state index in [1.54, 1.807) is 6.92 Å². The number of oxazole rings is 1. The quantitative estimate of drug-likeness (QED) is 0.295. The zero-order valence-electron chi connectivity index (χ0n) is 21.6. The molecule has 3 aromatic rings. The molecule has 1 aliphatic rings. The molecule has 0 spiro atoms. The SMILES string of the molecule is CCCOC(=O)c1cccc(C(=O)NCc2nc(-c3ccc(OC(F)F)c(OCC4CC4)c3)oc2C(C)N)n1. The van der Waals surface area contributed by atoms with E-state index in [4.69, 9.17) is 19.6 Å². The van der Waals surface area contributed by atoms with E-state index >= 15 is 0 Å². The molecule has 208 valence electrons. The van der Waals surface area contributed by atoms with Gasteiger partial charge in [-0.05, 0) is 62.4 Å². The Labute approximate surface area is 223 Å². The monoisotopic (exact) mass is 544 g/mol. The Hall–Kier alpha value is -4.06. The minimum atomic E-state index is -3.00. The third-order valence-electron chi connectivity index (χ3n) is 5.76. The number of hydrogen-bond acceptors (Lipinski definition) is 9. The van der Waals surface area contributed by atoms with Crippen LogP contribution in [0.15, 0.2) is 40.8 Å². The number of amides is 1. The highest BCUT2D eigenvalue weighted by atomic mass is 19.3. The number of nitrogens with zero attached hydrogens (tertiary/aromatic N) is 2. The molecular weight excluding hydrogens is 514 g/mol. The number of nitrogens with two attached hydrogens (primary N) is 1. The molecule has 3 N–H and O–H groups in total. The van der Waals surface area contributed by atoms with Crippen LogP contribution in [0.5, 0.6) is 11.5 Å². The van der Waals surface area contributed by atoms with Crippen LogP contribution in [0.4, 0.5) is 8.78 Å². The summed E-state index contributed by atoms with van der Waals surface area (Å²) >= 11 is 0. The first-order valence-corrected chi connectivity index (χ1v) is 12.6. The molecule has 1 atom stereocenters. The van der Waals surface area contributed by atoms with Gasteiger partial charge >= 0.3 is 12.6 Å². The van der Waals surface area contributed by atoms with Crippen LogP contribution in [0.25, 0.3) is 11.5 Å². The van der Waals surface area contributed by atoms with Crippen molar-refractivity contribution in [3.05, 3.63) is 59.2 Å². The Kier molecular flexibility index (Phi) is 9.07. The first-order valence-electron chi connectivity index (χ1n) is 12.6. The molecule has 1 saturated carbocycles. The third kappa shape index (κ3) is 7.50. The van der Waals surface area contributed by atoms with Crippen molar-refractivity contribution < 1.29 is 37.0 Å². The van der Waals surface area contributed by atoms with Gasteiger partial charge in [-0.2, -0.15) is 8.78 Å². The summed E-state index contributed by atoms with van der Waals surface area (Å²) in [7, 11) is 0. The Morgan fingerprint density at radius 3 is 2.62 bits per heavy atom. The second-order valence-electron chi connectivity index (χ2n) is 9.14. The summed E-state index contributed by atoms with van der Waals surface area (Å²) in [5.74, 6) is -0.185. The largest absolute Gasteiger partial charge is 0.489 e. The topological polar surface area (TPSA) is 139 Å². The van der Waals surface area contributed by atoms with Gasteiger partial charge in [-0.1, -0.05) is 13.0 Å². The summed E-state index contributed by atoms with van der Waals surface area (Å²) in [5, 5.41) is 2.71. The molecule has 1 fully saturated rings. The summed E-state index contributed by atoms with van der Waals surface area (Å²) in [4.78, 5) is 33.4. The third-order valence-corrected chi connectivity index (χ3v) is 5.76. The summed E-state index contributed by atoms with van der Waals surface area (Å²) in [6.45, 7) is 1.17. The first-order chi connectivity index (χ1) is 18.7. The summed E-state index contributed by atoms with van der Waals surface area (Å²) < 4.78 is 47.1. The number of hydrogen-bond donors (Lipinski definition) is 2. The number of aromatic nitrogens is 2. The first kappa shape index (κ1) is 28.0. The number of pyridine rings is 1. The zero-order chi connectivity index (χ0) is 27.9. The predicted octanol–water partition coefficient (Wildman–Crippen LogP) is 4.64. The van der Waals surface area contributed by atoms with Crippen molar-refractivity contribution in [1.29, 1.82) is 0 Å². The summed E-state index contributed by atoms with van der Waals surface area (Å²) in [6, 6.07) is 8.33. The fourth-order valence-corrected chi connectivity index (χ4v) is 3.61. The molecule has 2 aromatic heterocycles. The van der Waals surface area contributed by atoms with Gasteiger partial charge in [0.2, 0.25) is 5.89 Å². The smallest absolute Gasteiger partial charge is 0.387 e. The maximum absolute atomic E-state index is 12.9. The fourth-order valence-electron chi connectivity index (χ4n) is 3.61. The van der Waals surface area contributed by atoms with Crippen LogP contribution in [-0.2, 0) is 11.3 Å². The Morgan fingerprint density at radius 2 is 1.92 bits per heavy atom. The van der Waals surface area contributed by atoms with Crippen molar-refractivity contribution in [3.8, 4) is 23.0 Å². The van der Waals surface area contributed by atoms with Gasteiger partial charge in [0.25, 0.3) is 5.91 Å². The van der Waals surface area contributed by atoms with Crippen LogP contribution in [0.1, 0.15) is 71.6 Å². The van der Waals surface area contributed by atoms with Crippen molar-refractivity contribution in [2.75, 3.05) is 13.2 Å². The highest BCUT2D eigenvalue weighted by Crippen LogP contribution is 2.37. The molecule has 0 radical (unpaired) electrons. The molecule has 10 nitrogen and oxygen atoms in total. The Balaban J connectivity index is 1.51. The standard InChI is InChI=1S/C27H30F2N4O6/c1-3-11-36-26(35)19-6-4-5-18(32-19)24(34)31-13-20-23(15(2)30)39-25(33-20)17-9-10-21(38-27(28)29)22(12-17)37-14-16-7-8-16/h4-6,9-10,12,15-16,27H,3,7-8,11,13-14,30H2,1-2H3,(H,31,34). The Morgan fingerprint density at radius 1 is 1.15 bits per heavy atom.